The number of hydrogen-bond donors (Lipinski definition) is 2. The Labute approximate surface area is 150 Å². The molecule has 1 aromatic rings. The van der Waals surface area contributed by atoms with Gasteiger partial charge in [-0.2, -0.15) is 0 Å². The maximum Gasteiger partial charge on any atom is 0.226 e. The van der Waals surface area contributed by atoms with E-state index in [2.05, 4.69) is 29.6 Å². The molecule has 2 saturated carbocycles. The largest absolute Gasteiger partial charge is 0.388 e. The summed E-state index contributed by atoms with van der Waals surface area (Å²) in [4.78, 5) is 13.3. The maximum atomic E-state index is 13.3. The third kappa shape index (κ3) is 3.34. The van der Waals surface area contributed by atoms with Gasteiger partial charge in [0.2, 0.25) is 5.91 Å². The van der Waals surface area contributed by atoms with E-state index in [9.17, 15) is 9.90 Å². The van der Waals surface area contributed by atoms with E-state index in [0.29, 0.717) is 44.4 Å². The number of fused-ring (bicyclic) bond motifs is 2. The maximum absolute atomic E-state index is 13.3. The minimum atomic E-state index is -0.806. The highest BCUT2D eigenvalue weighted by molar-refractivity contribution is 5.84. The first-order valence-corrected chi connectivity index (χ1v) is 9.72. The number of carbonyl (C=O) groups is 1. The van der Waals surface area contributed by atoms with E-state index in [-0.39, 0.29) is 11.3 Å². The zero-order valence-electron chi connectivity index (χ0n) is 14.9. The van der Waals surface area contributed by atoms with Gasteiger partial charge in [-0.05, 0) is 43.1 Å². The Hall–Kier alpha value is -1.39. The Morgan fingerprint density at radius 1 is 1.20 bits per heavy atom. The van der Waals surface area contributed by atoms with Gasteiger partial charge < -0.3 is 15.2 Å². The molecule has 1 amide bonds. The standard InChI is InChI=1S/C21H29NO3/c23-19(22-15-20(24)8-10-25-11-9-20)21(13-16-4-2-1-3-5-16)14-17-6-7-18(21)12-17/h1-5,17-18,24H,6-15H2,(H,22,23)/t17-,18-,21-/m0/s1. The number of hydrogen-bond acceptors (Lipinski definition) is 3. The van der Waals surface area contributed by atoms with E-state index in [1.54, 1.807) is 0 Å². The minimum absolute atomic E-state index is 0.156. The summed E-state index contributed by atoms with van der Waals surface area (Å²) in [6.45, 7) is 1.50. The average molecular weight is 343 g/mol. The summed E-state index contributed by atoms with van der Waals surface area (Å²) in [7, 11) is 0. The van der Waals surface area contributed by atoms with Crippen molar-refractivity contribution in [2.45, 2.75) is 50.5 Å². The van der Waals surface area contributed by atoms with Gasteiger partial charge >= 0.3 is 0 Å². The first-order chi connectivity index (χ1) is 12.1. The fourth-order valence-electron chi connectivity index (χ4n) is 5.33. The molecule has 1 aromatic carbocycles. The monoisotopic (exact) mass is 343 g/mol. The lowest BCUT2D eigenvalue weighted by Gasteiger charge is -2.38. The van der Waals surface area contributed by atoms with E-state index in [1.807, 2.05) is 6.07 Å². The van der Waals surface area contributed by atoms with E-state index >= 15 is 0 Å². The van der Waals surface area contributed by atoms with Gasteiger partial charge in [0.25, 0.3) is 0 Å². The summed E-state index contributed by atoms with van der Waals surface area (Å²) in [5, 5.41) is 13.8. The molecule has 2 N–H and O–H groups in total. The molecule has 0 aromatic heterocycles. The third-order valence-corrected chi connectivity index (χ3v) is 6.79. The van der Waals surface area contributed by atoms with Crippen LogP contribution >= 0.6 is 0 Å². The van der Waals surface area contributed by atoms with Gasteiger partial charge in [0.1, 0.15) is 0 Å². The molecule has 1 heterocycles. The molecule has 3 fully saturated rings. The second-order valence-corrected chi connectivity index (χ2v) is 8.42. The Morgan fingerprint density at radius 3 is 2.60 bits per heavy atom. The van der Waals surface area contributed by atoms with Gasteiger partial charge in [-0.1, -0.05) is 36.8 Å². The van der Waals surface area contributed by atoms with Gasteiger partial charge in [-0.3, -0.25) is 4.79 Å². The van der Waals surface area contributed by atoms with Crippen molar-refractivity contribution in [3.63, 3.8) is 0 Å². The molecule has 1 saturated heterocycles. The summed E-state index contributed by atoms with van der Waals surface area (Å²) >= 11 is 0. The highest BCUT2D eigenvalue weighted by atomic mass is 16.5. The molecule has 0 unspecified atom stereocenters. The fourth-order valence-corrected chi connectivity index (χ4v) is 5.33. The van der Waals surface area contributed by atoms with Crippen LogP contribution in [-0.2, 0) is 16.0 Å². The smallest absolute Gasteiger partial charge is 0.226 e. The molecule has 2 bridgehead atoms. The summed E-state index contributed by atoms with van der Waals surface area (Å²) in [6.07, 6.45) is 6.66. The molecule has 1 aliphatic heterocycles. The van der Waals surface area contributed by atoms with Crippen LogP contribution in [0.2, 0.25) is 0 Å². The Bertz CT molecular complexity index is 611. The SMILES string of the molecule is O=C(NCC1(O)CCOCC1)[C@@]1(Cc2ccccc2)C[C@H]2CC[C@H]1C2. The van der Waals surface area contributed by atoms with Crippen molar-refractivity contribution in [1.29, 1.82) is 0 Å². The Kier molecular flexibility index (Phi) is 4.59. The lowest BCUT2D eigenvalue weighted by molar-refractivity contribution is -0.136. The van der Waals surface area contributed by atoms with Gasteiger partial charge in [0, 0.05) is 32.6 Å². The number of ether oxygens (including phenoxy) is 1. The Balaban J connectivity index is 1.49. The van der Waals surface area contributed by atoms with Crippen LogP contribution in [0.3, 0.4) is 0 Å². The van der Waals surface area contributed by atoms with E-state index < -0.39 is 5.60 Å². The molecular weight excluding hydrogens is 314 g/mol. The lowest BCUT2D eigenvalue weighted by atomic mass is 9.68. The summed E-state index contributed by atoms with van der Waals surface area (Å²) in [6, 6.07) is 10.4. The fraction of sp³-hybridized carbons (Fsp3) is 0.667. The van der Waals surface area contributed by atoms with E-state index in [0.717, 1.165) is 12.8 Å². The summed E-state index contributed by atoms with van der Waals surface area (Å²) in [5.74, 6) is 1.34. The second-order valence-electron chi connectivity index (χ2n) is 8.42. The minimum Gasteiger partial charge on any atom is -0.388 e. The van der Waals surface area contributed by atoms with Crippen molar-refractivity contribution in [2.75, 3.05) is 19.8 Å². The quantitative estimate of drug-likeness (QED) is 0.864. The van der Waals surface area contributed by atoms with Crippen molar-refractivity contribution < 1.29 is 14.6 Å². The van der Waals surface area contributed by atoms with Crippen molar-refractivity contribution in [3.8, 4) is 0 Å². The number of nitrogens with one attached hydrogen (secondary N) is 1. The van der Waals surface area contributed by atoms with Crippen LogP contribution in [0.5, 0.6) is 0 Å². The highest BCUT2D eigenvalue weighted by Crippen LogP contribution is 2.57. The van der Waals surface area contributed by atoms with Crippen LogP contribution in [0.1, 0.15) is 44.1 Å². The van der Waals surface area contributed by atoms with Gasteiger partial charge in [-0.15, -0.1) is 0 Å². The predicted molar refractivity (Wildman–Crippen MR) is 96.0 cm³/mol. The normalized spacial score (nSPS) is 33.3. The van der Waals surface area contributed by atoms with Crippen LogP contribution in [0.4, 0.5) is 0 Å². The molecule has 3 atom stereocenters. The van der Waals surface area contributed by atoms with Crippen LogP contribution in [0, 0.1) is 17.3 Å². The van der Waals surface area contributed by atoms with Crippen molar-refractivity contribution in [1.82, 2.24) is 5.32 Å². The van der Waals surface area contributed by atoms with Crippen molar-refractivity contribution in [2.24, 2.45) is 17.3 Å². The molecule has 136 valence electrons. The summed E-state index contributed by atoms with van der Waals surface area (Å²) in [5.41, 5.74) is 0.153. The van der Waals surface area contributed by atoms with Gasteiger partial charge in [0.15, 0.2) is 0 Å². The Morgan fingerprint density at radius 2 is 1.96 bits per heavy atom. The second kappa shape index (κ2) is 6.73. The third-order valence-electron chi connectivity index (χ3n) is 6.79. The van der Waals surface area contributed by atoms with Crippen molar-refractivity contribution >= 4 is 5.91 Å². The first-order valence-electron chi connectivity index (χ1n) is 9.72. The molecule has 0 spiro atoms. The number of aliphatic hydroxyl groups is 1. The van der Waals surface area contributed by atoms with Crippen LogP contribution in [0.15, 0.2) is 30.3 Å². The zero-order valence-corrected chi connectivity index (χ0v) is 14.9. The first kappa shape index (κ1) is 17.0. The lowest BCUT2D eigenvalue weighted by Crippen LogP contribution is -2.52. The van der Waals surface area contributed by atoms with Crippen LogP contribution in [0.25, 0.3) is 0 Å². The van der Waals surface area contributed by atoms with Gasteiger partial charge in [-0.25, -0.2) is 0 Å². The molecule has 25 heavy (non-hydrogen) atoms. The van der Waals surface area contributed by atoms with Gasteiger partial charge in [0.05, 0.1) is 11.0 Å². The van der Waals surface area contributed by atoms with Crippen LogP contribution < -0.4 is 5.32 Å². The number of benzene rings is 1. The molecular formula is C21H29NO3. The molecule has 4 rings (SSSR count). The number of rotatable bonds is 5. The molecule has 4 heteroatoms. The average Bonchev–Trinajstić information content (AvgIpc) is 3.23. The molecule has 2 aliphatic carbocycles. The molecule has 0 radical (unpaired) electrons. The number of carbonyl (C=O) groups excluding carboxylic acids is 1. The van der Waals surface area contributed by atoms with Crippen molar-refractivity contribution in [3.05, 3.63) is 35.9 Å². The molecule has 3 aliphatic rings. The molecule has 4 nitrogen and oxygen atoms in total. The highest BCUT2D eigenvalue weighted by Gasteiger charge is 2.55. The van der Waals surface area contributed by atoms with E-state index in [1.165, 1.54) is 24.8 Å². The predicted octanol–water partition coefficient (Wildman–Crippen LogP) is 2.69. The van der Waals surface area contributed by atoms with Crippen LogP contribution in [-0.4, -0.2) is 36.4 Å². The zero-order chi connectivity index (χ0) is 17.3. The summed E-state index contributed by atoms with van der Waals surface area (Å²) < 4.78 is 5.34. The van der Waals surface area contributed by atoms with E-state index in [4.69, 9.17) is 4.74 Å². The topological polar surface area (TPSA) is 58.6 Å². The number of amides is 1.